The Hall–Kier alpha value is -5.09. The molecule has 4 nitrogen and oxygen atoms in total. The number of rotatable bonds is 4. The number of fused-ring (bicyclic) bond motifs is 3. The SMILES string of the molecule is c1ccc(-c2ccc(-c3cccc(-c4cccc(-n5c6ccccc6c6ccncc65)n4)n3)cc2)cc1. The molecule has 0 fully saturated rings. The molecule has 0 amide bonds. The van der Waals surface area contributed by atoms with Crippen LogP contribution in [-0.4, -0.2) is 19.5 Å². The molecule has 3 aromatic carbocycles. The van der Waals surface area contributed by atoms with E-state index in [-0.39, 0.29) is 0 Å². The maximum atomic E-state index is 5.05. The number of hydrogen-bond donors (Lipinski definition) is 0. The van der Waals surface area contributed by atoms with E-state index < -0.39 is 0 Å². The van der Waals surface area contributed by atoms with Crippen molar-refractivity contribution >= 4 is 21.8 Å². The van der Waals surface area contributed by atoms with Crippen molar-refractivity contribution in [3.8, 4) is 39.6 Å². The van der Waals surface area contributed by atoms with Gasteiger partial charge in [-0.1, -0.05) is 84.9 Å². The van der Waals surface area contributed by atoms with Crippen LogP contribution in [0.25, 0.3) is 61.4 Å². The number of aromatic nitrogens is 4. The Morgan fingerprint density at radius 3 is 1.95 bits per heavy atom. The molecule has 0 spiro atoms. The van der Waals surface area contributed by atoms with Crippen molar-refractivity contribution in [1.82, 2.24) is 19.5 Å². The summed E-state index contributed by atoms with van der Waals surface area (Å²) in [6, 6.07) is 41.6. The lowest BCUT2D eigenvalue weighted by molar-refractivity contribution is 1.07. The molecule has 7 rings (SSSR count). The predicted molar refractivity (Wildman–Crippen MR) is 150 cm³/mol. The number of para-hydroxylation sites is 1. The molecule has 0 atom stereocenters. The third-order valence-electron chi connectivity index (χ3n) is 6.74. The fourth-order valence-electron chi connectivity index (χ4n) is 4.96. The van der Waals surface area contributed by atoms with E-state index in [0.29, 0.717) is 0 Å². The minimum absolute atomic E-state index is 0.829. The van der Waals surface area contributed by atoms with E-state index >= 15 is 0 Å². The summed E-state index contributed by atoms with van der Waals surface area (Å²) in [5.41, 5.74) is 8.20. The molecule has 4 heteroatoms. The molecule has 0 aliphatic heterocycles. The fraction of sp³-hybridized carbons (Fsp3) is 0. The van der Waals surface area contributed by atoms with E-state index in [2.05, 4.69) is 88.4 Å². The zero-order valence-electron chi connectivity index (χ0n) is 20.0. The summed E-state index contributed by atoms with van der Waals surface area (Å²) in [5.74, 6) is 0.844. The largest absolute Gasteiger partial charge is 0.292 e. The molecule has 0 bridgehead atoms. The first kappa shape index (κ1) is 21.2. The van der Waals surface area contributed by atoms with Crippen LogP contribution in [0.2, 0.25) is 0 Å². The summed E-state index contributed by atoms with van der Waals surface area (Å²) >= 11 is 0. The van der Waals surface area contributed by atoms with E-state index in [1.165, 1.54) is 16.5 Å². The Labute approximate surface area is 214 Å². The summed E-state index contributed by atoms with van der Waals surface area (Å²) in [5, 5.41) is 2.35. The number of nitrogens with zero attached hydrogens (tertiary/aromatic N) is 4. The smallest absolute Gasteiger partial charge is 0.138 e. The van der Waals surface area contributed by atoms with Crippen LogP contribution in [0.1, 0.15) is 0 Å². The predicted octanol–water partition coefficient (Wildman–Crippen LogP) is 7.97. The van der Waals surface area contributed by atoms with Crippen LogP contribution in [0.4, 0.5) is 0 Å². The van der Waals surface area contributed by atoms with Gasteiger partial charge in [0.25, 0.3) is 0 Å². The molecule has 0 N–H and O–H groups in total. The van der Waals surface area contributed by atoms with Crippen LogP contribution in [0.15, 0.2) is 134 Å². The van der Waals surface area contributed by atoms with Gasteiger partial charge in [-0.3, -0.25) is 9.55 Å². The Balaban J connectivity index is 1.29. The second-order valence-electron chi connectivity index (χ2n) is 8.98. The fourth-order valence-corrected chi connectivity index (χ4v) is 4.96. The van der Waals surface area contributed by atoms with Crippen LogP contribution in [0.5, 0.6) is 0 Å². The van der Waals surface area contributed by atoms with Gasteiger partial charge in [-0.05, 0) is 47.5 Å². The van der Waals surface area contributed by atoms with E-state index in [0.717, 1.165) is 44.9 Å². The van der Waals surface area contributed by atoms with Crippen molar-refractivity contribution < 1.29 is 0 Å². The molecule has 37 heavy (non-hydrogen) atoms. The van der Waals surface area contributed by atoms with E-state index in [1.807, 2.05) is 54.9 Å². The summed E-state index contributed by atoms with van der Waals surface area (Å²) in [7, 11) is 0. The van der Waals surface area contributed by atoms with Gasteiger partial charge in [0.05, 0.1) is 34.3 Å². The Morgan fingerprint density at radius 2 is 1.08 bits per heavy atom. The van der Waals surface area contributed by atoms with Crippen LogP contribution in [-0.2, 0) is 0 Å². The first-order valence-corrected chi connectivity index (χ1v) is 12.3. The second-order valence-corrected chi connectivity index (χ2v) is 8.98. The van der Waals surface area contributed by atoms with E-state index in [4.69, 9.17) is 9.97 Å². The minimum Gasteiger partial charge on any atom is -0.292 e. The Bertz CT molecular complexity index is 1820. The van der Waals surface area contributed by atoms with Crippen molar-refractivity contribution in [2.75, 3.05) is 0 Å². The molecular weight excluding hydrogens is 452 g/mol. The van der Waals surface area contributed by atoms with Crippen molar-refractivity contribution in [1.29, 1.82) is 0 Å². The summed E-state index contributed by atoms with van der Waals surface area (Å²) < 4.78 is 2.17. The quantitative estimate of drug-likeness (QED) is 0.260. The topological polar surface area (TPSA) is 43.6 Å². The van der Waals surface area contributed by atoms with Gasteiger partial charge in [-0.2, -0.15) is 0 Å². The number of benzene rings is 3. The van der Waals surface area contributed by atoms with Crippen LogP contribution >= 0.6 is 0 Å². The lowest BCUT2D eigenvalue weighted by Crippen LogP contribution is -1.99. The van der Waals surface area contributed by atoms with Crippen LogP contribution in [0.3, 0.4) is 0 Å². The third-order valence-corrected chi connectivity index (χ3v) is 6.74. The first-order valence-electron chi connectivity index (χ1n) is 12.3. The maximum Gasteiger partial charge on any atom is 0.138 e. The zero-order chi connectivity index (χ0) is 24.6. The van der Waals surface area contributed by atoms with Crippen molar-refractivity contribution in [2.45, 2.75) is 0 Å². The normalized spacial score (nSPS) is 11.2. The van der Waals surface area contributed by atoms with Gasteiger partial charge in [-0.25, -0.2) is 9.97 Å². The summed E-state index contributed by atoms with van der Waals surface area (Å²) in [6.07, 6.45) is 3.74. The maximum absolute atomic E-state index is 5.05. The van der Waals surface area contributed by atoms with E-state index in [1.54, 1.807) is 0 Å². The highest BCUT2D eigenvalue weighted by Crippen LogP contribution is 2.31. The van der Waals surface area contributed by atoms with E-state index in [9.17, 15) is 0 Å². The third kappa shape index (κ3) is 3.76. The first-order chi connectivity index (χ1) is 18.3. The molecule has 174 valence electrons. The molecule has 0 aliphatic carbocycles. The molecule has 7 aromatic rings. The Morgan fingerprint density at radius 1 is 0.432 bits per heavy atom. The van der Waals surface area contributed by atoms with Crippen molar-refractivity contribution in [3.05, 3.63) is 134 Å². The molecule has 4 aromatic heterocycles. The highest BCUT2D eigenvalue weighted by atomic mass is 15.1. The van der Waals surface area contributed by atoms with Gasteiger partial charge in [0, 0.05) is 22.5 Å². The monoisotopic (exact) mass is 474 g/mol. The number of hydrogen-bond acceptors (Lipinski definition) is 3. The minimum atomic E-state index is 0.829. The van der Waals surface area contributed by atoms with Crippen molar-refractivity contribution in [3.63, 3.8) is 0 Å². The highest BCUT2D eigenvalue weighted by Gasteiger charge is 2.14. The van der Waals surface area contributed by atoms with Crippen molar-refractivity contribution in [2.24, 2.45) is 0 Å². The summed E-state index contributed by atoms with van der Waals surface area (Å²) in [4.78, 5) is 14.4. The molecule has 0 aliphatic rings. The molecular formula is C33H22N4. The lowest BCUT2D eigenvalue weighted by atomic mass is 10.0. The Kier molecular flexibility index (Phi) is 5.07. The van der Waals surface area contributed by atoms with Gasteiger partial charge in [0.1, 0.15) is 5.82 Å². The molecule has 4 heterocycles. The van der Waals surface area contributed by atoms with Gasteiger partial charge in [0.2, 0.25) is 0 Å². The van der Waals surface area contributed by atoms with Gasteiger partial charge < -0.3 is 0 Å². The standard InChI is InChI=1S/C33H22N4/c1-2-8-23(9-3-1)24-16-18-25(19-17-24)28-11-6-12-29(35-28)30-13-7-15-33(36-30)37-31-14-5-4-10-26(31)27-20-21-34-22-32(27)37/h1-22H. The molecule has 0 radical (unpaired) electrons. The molecule has 0 saturated carbocycles. The second kappa shape index (κ2) is 8.85. The van der Waals surface area contributed by atoms with Gasteiger partial charge in [-0.15, -0.1) is 0 Å². The average molecular weight is 475 g/mol. The average Bonchev–Trinajstić information content (AvgIpc) is 3.32. The number of pyridine rings is 3. The molecule has 0 unspecified atom stereocenters. The lowest BCUT2D eigenvalue weighted by Gasteiger charge is -2.10. The van der Waals surface area contributed by atoms with Crippen LogP contribution < -0.4 is 0 Å². The van der Waals surface area contributed by atoms with Crippen LogP contribution in [0, 0.1) is 0 Å². The molecule has 0 saturated heterocycles. The highest BCUT2D eigenvalue weighted by molar-refractivity contribution is 6.08. The summed E-state index contributed by atoms with van der Waals surface area (Å²) in [6.45, 7) is 0. The zero-order valence-corrected chi connectivity index (χ0v) is 20.0. The van der Waals surface area contributed by atoms with Gasteiger partial charge in [0.15, 0.2) is 0 Å². The van der Waals surface area contributed by atoms with Gasteiger partial charge >= 0.3 is 0 Å².